The van der Waals surface area contributed by atoms with Gasteiger partial charge in [-0.15, -0.1) is 0 Å². The van der Waals surface area contributed by atoms with Crippen molar-refractivity contribution in [1.82, 2.24) is 0 Å². The number of aromatic carboxylic acids is 4. The molecule has 2 aromatic rings. The molecule has 0 saturated heterocycles. The van der Waals surface area contributed by atoms with E-state index in [9.17, 15) is 39.6 Å². The van der Waals surface area contributed by atoms with E-state index in [2.05, 4.69) is 0 Å². The average molecular weight is 519 g/mol. The highest BCUT2D eigenvalue weighted by Crippen LogP contribution is 2.29. The Morgan fingerprint density at radius 1 is 0.571 bits per heavy atom. The molecule has 0 aromatic heterocycles. The summed E-state index contributed by atoms with van der Waals surface area (Å²) in [6, 6.07) is 11.0. The van der Waals surface area contributed by atoms with Gasteiger partial charge in [0.2, 0.25) is 16.6 Å². The molecule has 35 heavy (non-hydrogen) atoms. The molecule has 0 atom stereocenters. The van der Waals surface area contributed by atoms with Crippen molar-refractivity contribution in [3.63, 3.8) is 0 Å². The van der Waals surface area contributed by atoms with E-state index in [0.29, 0.717) is 34.5 Å². The van der Waals surface area contributed by atoms with Crippen molar-refractivity contribution in [2.75, 3.05) is 0 Å². The molecule has 0 saturated carbocycles. The zero-order valence-electron chi connectivity index (χ0n) is 20.1. The van der Waals surface area contributed by atoms with Gasteiger partial charge in [0.15, 0.2) is 0 Å². The Kier molecular flexibility index (Phi) is 8.76. The van der Waals surface area contributed by atoms with E-state index in [1.165, 1.54) is 24.3 Å². The molecule has 11 heteroatoms. The lowest BCUT2D eigenvalue weighted by Crippen LogP contribution is -2.62. The van der Waals surface area contributed by atoms with Crippen molar-refractivity contribution < 1.29 is 43.7 Å². The summed E-state index contributed by atoms with van der Waals surface area (Å²) < 4.78 is 7.06. The van der Waals surface area contributed by atoms with Crippen LogP contribution in [0.15, 0.2) is 36.4 Å². The Bertz CT molecular complexity index is 1060. The first-order valence-electron chi connectivity index (χ1n) is 11.3. The fourth-order valence-corrected chi connectivity index (χ4v) is 14.9. The maximum atomic E-state index is 11.8. The first-order chi connectivity index (χ1) is 16.4. The number of carboxylic acid groups (broad SMARTS) is 4. The number of carbonyl (C=O) groups is 4. The Morgan fingerprint density at radius 2 is 0.857 bits per heavy atom. The average Bonchev–Trinajstić information content (AvgIpc) is 2.84. The molecule has 0 spiro atoms. The summed E-state index contributed by atoms with van der Waals surface area (Å²) in [5.74, 6) is -5.35. The van der Waals surface area contributed by atoms with Gasteiger partial charge in [0.25, 0.3) is 0 Å². The predicted molar refractivity (Wildman–Crippen MR) is 135 cm³/mol. The van der Waals surface area contributed by atoms with Crippen LogP contribution in [-0.2, 0) is 4.12 Å². The van der Waals surface area contributed by atoms with E-state index in [-0.39, 0.29) is 22.3 Å². The topological polar surface area (TPSA) is 158 Å². The first-order valence-corrected chi connectivity index (χ1v) is 16.0. The minimum absolute atomic E-state index is 0.304. The highest BCUT2D eigenvalue weighted by Gasteiger charge is 2.45. The zero-order valence-corrected chi connectivity index (χ0v) is 22.1. The molecule has 0 aliphatic carbocycles. The molecule has 2 rings (SSSR count). The Balaban J connectivity index is 2.73. The molecule has 0 unspecified atom stereocenters. The summed E-state index contributed by atoms with van der Waals surface area (Å²) in [6.45, 7) is 7.79. The molecular formula is C24H30O9Si2. The fraction of sp³-hybridized carbons (Fsp3) is 0.333. The Hall–Kier alpha value is -3.29. The second-order valence-corrected chi connectivity index (χ2v) is 17.0. The summed E-state index contributed by atoms with van der Waals surface area (Å²) in [4.78, 5) is 46.7. The van der Waals surface area contributed by atoms with Gasteiger partial charge in [0, 0.05) is 0 Å². The predicted octanol–water partition coefficient (Wildman–Crippen LogP) is 3.58. The lowest BCUT2D eigenvalue weighted by atomic mass is 10.1. The minimum atomic E-state index is -2.85. The molecule has 0 amide bonds. The molecule has 9 nitrogen and oxygen atoms in total. The van der Waals surface area contributed by atoms with Gasteiger partial charge in [0.1, 0.15) is 0 Å². The molecule has 0 radical (unpaired) electrons. The number of hydrogen-bond donors (Lipinski definition) is 4. The fourth-order valence-electron chi connectivity index (χ4n) is 4.48. The maximum Gasteiger partial charge on any atom is 0.336 e. The van der Waals surface area contributed by atoms with Crippen molar-refractivity contribution in [3.05, 3.63) is 58.7 Å². The smallest absolute Gasteiger partial charge is 0.336 e. The van der Waals surface area contributed by atoms with Crippen LogP contribution in [0.5, 0.6) is 0 Å². The van der Waals surface area contributed by atoms with Gasteiger partial charge in [-0.05, 0) is 58.8 Å². The normalized spacial score (nSPS) is 11.8. The van der Waals surface area contributed by atoms with E-state index in [1.54, 1.807) is 12.1 Å². The van der Waals surface area contributed by atoms with Crippen LogP contribution in [-0.4, -0.2) is 60.9 Å². The zero-order chi connectivity index (χ0) is 26.6. The Labute approximate surface area is 205 Å². The van der Waals surface area contributed by atoms with Crippen molar-refractivity contribution >= 4 is 50.9 Å². The van der Waals surface area contributed by atoms with Crippen LogP contribution >= 0.6 is 0 Å². The van der Waals surface area contributed by atoms with Crippen LogP contribution in [0.2, 0.25) is 24.2 Å². The van der Waals surface area contributed by atoms with Crippen molar-refractivity contribution in [3.8, 4) is 0 Å². The second-order valence-electron chi connectivity index (χ2n) is 8.25. The molecule has 0 bridgehead atoms. The molecule has 188 valence electrons. The third-order valence-corrected chi connectivity index (χ3v) is 17.1. The lowest BCUT2D eigenvalue weighted by Gasteiger charge is -2.42. The van der Waals surface area contributed by atoms with Crippen LogP contribution in [0.1, 0.15) is 69.1 Å². The molecular weight excluding hydrogens is 488 g/mol. The molecule has 0 aliphatic rings. The SMILES string of the molecule is CC[Si](CC)(O[Si](CC)(CC)c1ccc(C(=O)O)c(C(=O)O)c1)c1ccc(C(=O)O)c(C(=O)O)c1. The lowest BCUT2D eigenvalue weighted by molar-refractivity contribution is 0.0651. The van der Waals surface area contributed by atoms with Crippen molar-refractivity contribution in [2.45, 2.75) is 51.9 Å². The largest absolute Gasteiger partial charge is 0.478 e. The maximum absolute atomic E-state index is 11.8. The third-order valence-electron chi connectivity index (χ3n) is 6.69. The van der Waals surface area contributed by atoms with Gasteiger partial charge in [-0.2, -0.15) is 0 Å². The molecule has 4 N–H and O–H groups in total. The molecule has 0 heterocycles. The van der Waals surface area contributed by atoms with Gasteiger partial charge in [-0.3, -0.25) is 0 Å². The van der Waals surface area contributed by atoms with E-state index >= 15 is 0 Å². The highest BCUT2D eigenvalue weighted by atomic mass is 28.4. The number of carboxylic acids is 4. The van der Waals surface area contributed by atoms with Gasteiger partial charge in [-0.25, -0.2) is 19.2 Å². The number of rotatable bonds is 12. The standard InChI is InChI=1S/C24H30O9Si2/c1-5-34(6-2,15-9-11-17(21(25)26)19(13-15)23(29)30)33-35(7-3,8-4)16-10-12-18(22(27)28)20(14-16)24(31)32/h9-14H,5-8H2,1-4H3,(H,25,26)(H,27,28)(H,29,30)(H,31,32). The van der Waals surface area contributed by atoms with E-state index in [0.717, 1.165) is 0 Å². The summed E-state index contributed by atoms with van der Waals surface area (Å²) in [5.41, 5.74) is -1.23. The van der Waals surface area contributed by atoms with Crippen LogP contribution in [0.4, 0.5) is 0 Å². The monoisotopic (exact) mass is 518 g/mol. The van der Waals surface area contributed by atoms with Gasteiger partial charge < -0.3 is 24.5 Å². The minimum Gasteiger partial charge on any atom is -0.478 e. The first kappa shape index (κ1) is 28.0. The number of benzene rings is 2. The summed E-state index contributed by atoms with van der Waals surface area (Å²) in [5, 5.41) is 39.4. The van der Waals surface area contributed by atoms with E-state index in [1.807, 2.05) is 27.7 Å². The summed E-state index contributed by atoms with van der Waals surface area (Å²) >= 11 is 0. The van der Waals surface area contributed by atoms with Gasteiger partial charge >= 0.3 is 23.9 Å². The van der Waals surface area contributed by atoms with Crippen LogP contribution in [0.25, 0.3) is 0 Å². The van der Waals surface area contributed by atoms with Crippen molar-refractivity contribution in [2.24, 2.45) is 0 Å². The third kappa shape index (κ3) is 5.36. The number of hydrogen-bond acceptors (Lipinski definition) is 5. The molecule has 0 fully saturated rings. The highest BCUT2D eigenvalue weighted by molar-refractivity contribution is 6.98. The Morgan fingerprint density at radius 3 is 1.09 bits per heavy atom. The van der Waals surface area contributed by atoms with Gasteiger partial charge in [-0.1, -0.05) is 39.8 Å². The molecule has 2 aromatic carbocycles. The van der Waals surface area contributed by atoms with Gasteiger partial charge in [0.05, 0.1) is 22.3 Å². The van der Waals surface area contributed by atoms with E-state index < -0.39 is 40.5 Å². The van der Waals surface area contributed by atoms with Crippen LogP contribution < -0.4 is 10.4 Å². The summed E-state index contributed by atoms with van der Waals surface area (Å²) in [6.07, 6.45) is 0. The summed E-state index contributed by atoms with van der Waals surface area (Å²) in [7, 11) is -5.71. The van der Waals surface area contributed by atoms with E-state index in [4.69, 9.17) is 4.12 Å². The quantitative estimate of drug-likeness (QED) is 0.308. The van der Waals surface area contributed by atoms with Crippen LogP contribution in [0.3, 0.4) is 0 Å². The second kappa shape index (κ2) is 11.0. The molecule has 0 aliphatic heterocycles. The van der Waals surface area contributed by atoms with Crippen molar-refractivity contribution in [1.29, 1.82) is 0 Å². The van der Waals surface area contributed by atoms with Crippen LogP contribution in [0, 0.1) is 0 Å².